The molecular formula is C27H22N2O4S. The van der Waals surface area contributed by atoms with Crippen molar-refractivity contribution in [2.45, 2.75) is 11.4 Å². The summed E-state index contributed by atoms with van der Waals surface area (Å²) in [5, 5.41) is 9.05. The highest BCUT2D eigenvalue weighted by atomic mass is 32.2. The van der Waals surface area contributed by atoms with E-state index in [9.17, 15) is 8.42 Å². The Hall–Kier alpha value is -4.28. The van der Waals surface area contributed by atoms with Crippen LogP contribution in [0.4, 0.5) is 5.69 Å². The van der Waals surface area contributed by atoms with Gasteiger partial charge in [-0.1, -0.05) is 42.5 Å². The third-order valence-electron chi connectivity index (χ3n) is 5.16. The third-order valence-corrected chi connectivity index (χ3v) is 6.95. The first-order chi connectivity index (χ1) is 16.5. The van der Waals surface area contributed by atoms with Crippen LogP contribution in [0.15, 0.2) is 108 Å². The second kappa shape index (κ2) is 10.1. The van der Waals surface area contributed by atoms with Gasteiger partial charge in [-0.25, -0.2) is 8.42 Å². The Morgan fingerprint density at radius 1 is 0.794 bits per heavy atom. The summed E-state index contributed by atoms with van der Waals surface area (Å²) >= 11 is 0. The first kappa shape index (κ1) is 22.9. The molecule has 0 saturated heterocycles. The van der Waals surface area contributed by atoms with Crippen LogP contribution in [0.5, 0.6) is 17.2 Å². The van der Waals surface area contributed by atoms with E-state index in [1.807, 2.05) is 48.5 Å². The van der Waals surface area contributed by atoms with Gasteiger partial charge in [0.1, 0.15) is 5.75 Å². The van der Waals surface area contributed by atoms with Crippen LogP contribution in [-0.2, 0) is 16.6 Å². The van der Waals surface area contributed by atoms with Crippen molar-refractivity contribution in [2.75, 3.05) is 11.4 Å². The number of hydrogen-bond acceptors (Lipinski definition) is 5. The molecule has 0 spiro atoms. The molecule has 0 unspecified atom stereocenters. The molecule has 0 aromatic heterocycles. The van der Waals surface area contributed by atoms with E-state index >= 15 is 0 Å². The zero-order valence-electron chi connectivity index (χ0n) is 18.5. The van der Waals surface area contributed by atoms with Gasteiger partial charge in [0.25, 0.3) is 10.0 Å². The maximum absolute atomic E-state index is 13.6. The standard InChI is InChI=1S/C27H22N2O4S/c1-32-26-9-5-6-10-27(26)33-24-15-13-23(14-16-24)29(20-22-7-3-2-4-8-22)34(30,31)25-17-11-21(19-28)12-18-25/h2-18H,20H2,1H3. The van der Waals surface area contributed by atoms with Gasteiger partial charge in [0.2, 0.25) is 0 Å². The Bertz CT molecular complexity index is 1400. The Kier molecular flexibility index (Phi) is 6.81. The molecule has 0 aliphatic rings. The first-order valence-electron chi connectivity index (χ1n) is 10.5. The second-order valence-electron chi connectivity index (χ2n) is 7.38. The number of methoxy groups -OCH3 is 1. The molecule has 0 radical (unpaired) electrons. The number of para-hydroxylation sites is 2. The van der Waals surface area contributed by atoms with Gasteiger partial charge in [-0.2, -0.15) is 5.26 Å². The zero-order valence-corrected chi connectivity index (χ0v) is 19.3. The Morgan fingerprint density at radius 2 is 1.41 bits per heavy atom. The molecule has 0 heterocycles. The van der Waals surface area contributed by atoms with Crippen LogP contribution in [0, 0.1) is 11.3 Å². The fourth-order valence-corrected chi connectivity index (χ4v) is 4.86. The third kappa shape index (κ3) is 5.03. The van der Waals surface area contributed by atoms with Crippen molar-refractivity contribution in [2.24, 2.45) is 0 Å². The van der Waals surface area contributed by atoms with Crippen LogP contribution < -0.4 is 13.8 Å². The number of anilines is 1. The van der Waals surface area contributed by atoms with Crippen molar-refractivity contribution >= 4 is 15.7 Å². The molecule has 0 fully saturated rings. The summed E-state index contributed by atoms with van der Waals surface area (Å²) in [6.45, 7) is 0.149. The monoisotopic (exact) mass is 470 g/mol. The minimum atomic E-state index is -3.90. The highest BCUT2D eigenvalue weighted by molar-refractivity contribution is 7.92. The molecule has 0 aliphatic heterocycles. The number of nitrogens with zero attached hydrogens (tertiary/aromatic N) is 2. The number of ether oxygens (including phenoxy) is 2. The summed E-state index contributed by atoms with van der Waals surface area (Å²) < 4.78 is 39.8. The Labute approximate surface area is 199 Å². The first-order valence-corrected chi connectivity index (χ1v) is 11.9. The van der Waals surface area contributed by atoms with Crippen molar-refractivity contribution in [1.29, 1.82) is 5.26 Å². The molecule has 6 nitrogen and oxygen atoms in total. The Balaban J connectivity index is 1.68. The zero-order chi connectivity index (χ0) is 24.0. The van der Waals surface area contributed by atoms with E-state index in [-0.39, 0.29) is 11.4 Å². The second-order valence-corrected chi connectivity index (χ2v) is 9.24. The van der Waals surface area contributed by atoms with Gasteiger partial charge in [0, 0.05) is 0 Å². The number of sulfonamides is 1. The van der Waals surface area contributed by atoms with E-state index in [1.54, 1.807) is 43.5 Å². The van der Waals surface area contributed by atoms with Crippen molar-refractivity contribution in [3.63, 3.8) is 0 Å². The molecule has 4 rings (SSSR count). The van der Waals surface area contributed by atoms with E-state index < -0.39 is 10.0 Å². The quantitative estimate of drug-likeness (QED) is 0.327. The molecule has 4 aromatic rings. The van der Waals surface area contributed by atoms with Crippen LogP contribution in [0.25, 0.3) is 0 Å². The minimum absolute atomic E-state index is 0.108. The lowest BCUT2D eigenvalue weighted by molar-refractivity contribution is 0.379. The van der Waals surface area contributed by atoms with E-state index in [0.717, 1.165) is 5.56 Å². The minimum Gasteiger partial charge on any atom is -0.493 e. The van der Waals surface area contributed by atoms with Gasteiger partial charge < -0.3 is 9.47 Å². The molecule has 7 heteroatoms. The summed E-state index contributed by atoms with van der Waals surface area (Å²) in [5.41, 5.74) is 1.72. The molecule has 0 aliphatic carbocycles. The summed E-state index contributed by atoms with van der Waals surface area (Å²) in [7, 11) is -2.33. The molecule has 0 amide bonds. The SMILES string of the molecule is COc1ccccc1Oc1ccc(N(Cc2ccccc2)S(=O)(=O)c2ccc(C#N)cc2)cc1. The van der Waals surface area contributed by atoms with Gasteiger partial charge in [0.05, 0.1) is 35.9 Å². The number of hydrogen-bond donors (Lipinski definition) is 0. The van der Waals surface area contributed by atoms with E-state index in [2.05, 4.69) is 0 Å². The number of nitriles is 1. The topological polar surface area (TPSA) is 79.6 Å². The number of rotatable bonds is 8. The van der Waals surface area contributed by atoms with Crippen LogP contribution >= 0.6 is 0 Å². The summed E-state index contributed by atoms with van der Waals surface area (Å²) in [6, 6.07) is 31.4. The van der Waals surface area contributed by atoms with Crippen molar-refractivity contribution in [1.82, 2.24) is 0 Å². The number of benzene rings is 4. The smallest absolute Gasteiger partial charge is 0.264 e. The summed E-state index contributed by atoms with van der Waals surface area (Å²) in [5.74, 6) is 1.70. The molecular weight excluding hydrogens is 448 g/mol. The fourth-order valence-electron chi connectivity index (χ4n) is 3.40. The summed E-state index contributed by atoms with van der Waals surface area (Å²) in [4.78, 5) is 0.108. The van der Waals surface area contributed by atoms with Gasteiger partial charge in [-0.05, 0) is 66.2 Å². The summed E-state index contributed by atoms with van der Waals surface area (Å²) in [6.07, 6.45) is 0. The molecule has 0 atom stereocenters. The van der Waals surface area contributed by atoms with E-state index in [1.165, 1.54) is 28.6 Å². The maximum Gasteiger partial charge on any atom is 0.264 e. The van der Waals surface area contributed by atoms with Gasteiger partial charge >= 0.3 is 0 Å². The lowest BCUT2D eigenvalue weighted by atomic mass is 10.2. The molecule has 34 heavy (non-hydrogen) atoms. The van der Waals surface area contributed by atoms with Gasteiger partial charge in [-0.15, -0.1) is 0 Å². The maximum atomic E-state index is 13.6. The average Bonchev–Trinajstić information content (AvgIpc) is 2.89. The average molecular weight is 471 g/mol. The molecule has 0 bridgehead atoms. The Morgan fingerprint density at radius 3 is 2.03 bits per heavy atom. The predicted octanol–water partition coefficient (Wildman–Crippen LogP) is 5.75. The van der Waals surface area contributed by atoms with E-state index in [0.29, 0.717) is 28.5 Å². The fraction of sp³-hybridized carbons (Fsp3) is 0.0741. The van der Waals surface area contributed by atoms with Crippen molar-refractivity contribution < 1.29 is 17.9 Å². The largest absolute Gasteiger partial charge is 0.493 e. The van der Waals surface area contributed by atoms with Crippen LogP contribution in [0.3, 0.4) is 0 Å². The van der Waals surface area contributed by atoms with Crippen molar-refractivity contribution in [3.05, 3.63) is 114 Å². The normalized spacial score (nSPS) is 10.8. The van der Waals surface area contributed by atoms with Crippen molar-refractivity contribution in [3.8, 4) is 23.3 Å². The van der Waals surface area contributed by atoms with Crippen LogP contribution in [0.2, 0.25) is 0 Å². The van der Waals surface area contributed by atoms with Crippen LogP contribution in [-0.4, -0.2) is 15.5 Å². The highest BCUT2D eigenvalue weighted by Gasteiger charge is 2.25. The highest BCUT2D eigenvalue weighted by Crippen LogP contribution is 2.33. The van der Waals surface area contributed by atoms with Gasteiger partial charge in [-0.3, -0.25) is 4.31 Å². The van der Waals surface area contributed by atoms with E-state index in [4.69, 9.17) is 14.7 Å². The van der Waals surface area contributed by atoms with Crippen LogP contribution in [0.1, 0.15) is 11.1 Å². The van der Waals surface area contributed by atoms with Gasteiger partial charge in [0.15, 0.2) is 11.5 Å². The predicted molar refractivity (Wildman–Crippen MR) is 130 cm³/mol. The lowest BCUT2D eigenvalue weighted by Gasteiger charge is -2.25. The molecule has 4 aromatic carbocycles. The lowest BCUT2D eigenvalue weighted by Crippen LogP contribution is -2.30. The molecule has 0 N–H and O–H groups in total. The molecule has 0 saturated carbocycles. The molecule has 170 valence electrons.